The first kappa shape index (κ1) is 9.68. The van der Waals surface area contributed by atoms with Gasteiger partial charge in [0.2, 0.25) is 0 Å². The number of fused-ring (bicyclic) bond motifs is 1. The molecule has 0 amide bonds. The van der Waals surface area contributed by atoms with Crippen molar-refractivity contribution in [3.8, 4) is 0 Å². The summed E-state index contributed by atoms with van der Waals surface area (Å²) < 4.78 is 15.0. The van der Waals surface area contributed by atoms with Gasteiger partial charge < -0.3 is 0 Å². The first-order valence-electron chi connectivity index (χ1n) is 3.64. The van der Waals surface area contributed by atoms with Crippen LogP contribution in [-0.4, -0.2) is 0 Å². The van der Waals surface area contributed by atoms with Crippen LogP contribution in [0.3, 0.4) is 0 Å². The fourth-order valence-electron chi connectivity index (χ4n) is 1.26. The first-order valence-corrected chi connectivity index (χ1v) is 6.13. The molecule has 0 nitrogen and oxygen atoms in total. The van der Waals surface area contributed by atoms with Crippen molar-refractivity contribution in [2.24, 2.45) is 0 Å². The summed E-state index contributed by atoms with van der Waals surface area (Å²) in [7, 11) is 0. The summed E-state index contributed by atoms with van der Waals surface area (Å²) in [6.45, 7) is 0. The molecule has 0 aliphatic rings. The van der Waals surface area contributed by atoms with Crippen LogP contribution in [0.1, 0.15) is 5.56 Å². The van der Waals surface area contributed by atoms with E-state index < -0.39 is 0 Å². The van der Waals surface area contributed by atoms with Gasteiger partial charge in [-0.1, -0.05) is 0 Å². The van der Waals surface area contributed by atoms with Crippen LogP contribution in [0.5, 0.6) is 0 Å². The lowest BCUT2D eigenvalue weighted by atomic mass is 10.1. The molecule has 0 fully saturated rings. The molecule has 0 saturated carbocycles. The van der Waals surface area contributed by atoms with Crippen LogP contribution in [-0.2, 0) is 5.88 Å². The quantitative estimate of drug-likeness (QED) is 0.539. The number of rotatable bonds is 1. The molecular formula is C9H5ClFIS. The monoisotopic (exact) mass is 326 g/mol. The lowest BCUT2D eigenvalue weighted by molar-refractivity contribution is 0.640. The molecule has 0 saturated heterocycles. The minimum absolute atomic E-state index is 0.150. The third-order valence-corrected chi connectivity index (χ3v) is 4.04. The van der Waals surface area contributed by atoms with E-state index in [1.54, 1.807) is 0 Å². The molecule has 1 aromatic heterocycles. The molecule has 0 spiro atoms. The molecule has 2 aromatic rings. The fourth-order valence-corrected chi connectivity index (χ4v) is 3.36. The standard InChI is InChI=1S/C9H5ClFIS/c10-4-6-5-1-2-13-9(5)7(11)3-8(6)12/h1-3H,4H2. The van der Waals surface area contributed by atoms with Crippen LogP contribution in [0.4, 0.5) is 4.39 Å². The summed E-state index contributed by atoms with van der Waals surface area (Å²) in [6, 6.07) is 3.46. The third kappa shape index (κ3) is 1.57. The van der Waals surface area contributed by atoms with Crippen LogP contribution in [0.25, 0.3) is 10.1 Å². The van der Waals surface area contributed by atoms with E-state index in [0.29, 0.717) is 10.6 Å². The fraction of sp³-hybridized carbons (Fsp3) is 0.111. The molecule has 68 valence electrons. The van der Waals surface area contributed by atoms with Gasteiger partial charge in [0.1, 0.15) is 5.82 Å². The maximum Gasteiger partial charge on any atom is 0.142 e. The van der Waals surface area contributed by atoms with Crippen molar-refractivity contribution < 1.29 is 4.39 Å². The Hall–Kier alpha value is 0.130. The summed E-state index contributed by atoms with van der Waals surface area (Å²) in [4.78, 5) is 0. The Morgan fingerprint density at radius 2 is 2.31 bits per heavy atom. The minimum atomic E-state index is -0.150. The first-order chi connectivity index (χ1) is 6.24. The zero-order valence-electron chi connectivity index (χ0n) is 6.48. The lowest BCUT2D eigenvalue weighted by Crippen LogP contribution is -1.87. The molecule has 0 bridgehead atoms. The van der Waals surface area contributed by atoms with E-state index in [1.165, 1.54) is 17.4 Å². The highest BCUT2D eigenvalue weighted by Gasteiger charge is 2.10. The van der Waals surface area contributed by atoms with E-state index in [0.717, 1.165) is 14.5 Å². The Morgan fingerprint density at radius 3 is 3.00 bits per heavy atom. The van der Waals surface area contributed by atoms with Gasteiger partial charge in [-0.25, -0.2) is 4.39 Å². The molecule has 0 aliphatic carbocycles. The van der Waals surface area contributed by atoms with Gasteiger partial charge >= 0.3 is 0 Å². The van der Waals surface area contributed by atoms with Crippen LogP contribution in [0.2, 0.25) is 0 Å². The van der Waals surface area contributed by atoms with Crippen molar-refractivity contribution in [1.29, 1.82) is 0 Å². The number of hydrogen-bond acceptors (Lipinski definition) is 1. The molecule has 0 radical (unpaired) electrons. The van der Waals surface area contributed by atoms with Gasteiger partial charge in [-0.15, -0.1) is 22.9 Å². The largest absolute Gasteiger partial charge is 0.205 e. The lowest BCUT2D eigenvalue weighted by Gasteiger charge is -2.02. The predicted octanol–water partition coefficient (Wildman–Crippen LogP) is 4.38. The second-order valence-electron chi connectivity index (χ2n) is 2.62. The van der Waals surface area contributed by atoms with Gasteiger partial charge in [-0.05, 0) is 45.7 Å². The predicted molar refractivity (Wildman–Crippen MR) is 64.1 cm³/mol. The second-order valence-corrected chi connectivity index (χ2v) is 4.96. The molecule has 0 unspecified atom stereocenters. The Balaban J connectivity index is 2.88. The van der Waals surface area contributed by atoms with Crippen molar-refractivity contribution in [3.63, 3.8) is 0 Å². The van der Waals surface area contributed by atoms with Crippen LogP contribution in [0.15, 0.2) is 17.5 Å². The van der Waals surface area contributed by atoms with Crippen LogP contribution < -0.4 is 0 Å². The molecule has 1 aromatic carbocycles. The van der Waals surface area contributed by atoms with E-state index in [-0.39, 0.29) is 5.82 Å². The summed E-state index contributed by atoms with van der Waals surface area (Å²) in [6.07, 6.45) is 0. The van der Waals surface area contributed by atoms with Crippen molar-refractivity contribution in [2.45, 2.75) is 5.88 Å². The Morgan fingerprint density at radius 1 is 1.54 bits per heavy atom. The summed E-state index contributed by atoms with van der Waals surface area (Å²) in [5.74, 6) is 0.287. The zero-order valence-corrected chi connectivity index (χ0v) is 10.2. The van der Waals surface area contributed by atoms with Crippen molar-refractivity contribution in [1.82, 2.24) is 0 Å². The summed E-state index contributed by atoms with van der Waals surface area (Å²) >= 11 is 9.32. The molecule has 1 heterocycles. The van der Waals surface area contributed by atoms with E-state index in [9.17, 15) is 4.39 Å². The highest BCUT2D eigenvalue weighted by Crippen LogP contribution is 2.31. The van der Waals surface area contributed by atoms with Crippen molar-refractivity contribution >= 4 is 55.6 Å². The zero-order chi connectivity index (χ0) is 9.42. The number of halogens is 3. The van der Waals surface area contributed by atoms with E-state index in [4.69, 9.17) is 11.6 Å². The maximum absolute atomic E-state index is 13.4. The summed E-state index contributed by atoms with van der Waals surface area (Å²) in [5.41, 5.74) is 1.03. The number of hydrogen-bond donors (Lipinski definition) is 0. The van der Waals surface area contributed by atoms with E-state index >= 15 is 0 Å². The molecule has 0 atom stereocenters. The van der Waals surface area contributed by atoms with E-state index in [2.05, 4.69) is 22.6 Å². The Kier molecular flexibility index (Phi) is 2.76. The van der Waals surface area contributed by atoms with Crippen LogP contribution >= 0.6 is 45.5 Å². The second kappa shape index (κ2) is 3.71. The Labute approximate surface area is 97.8 Å². The molecule has 4 heteroatoms. The number of benzene rings is 1. The van der Waals surface area contributed by atoms with Gasteiger partial charge in [0.05, 0.1) is 4.70 Å². The smallest absolute Gasteiger partial charge is 0.142 e. The third-order valence-electron chi connectivity index (χ3n) is 1.88. The highest BCUT2D eigenvalue weighted by atomic mass is 127. The molecule has 13 heavy (non-hydrogen) atoms. The van der Waals surface area contributed by atoms with Crippen LogP contribution in [0, 0.1) is 9.39 Å². The maximum atomic E-state index is 13.4. The number of alkyl halides is 1. The van der Waals surface area contributed by atoms with Gasteiger partial charge in [0.25, 0.3) is 0 Å². The Bertz CT molecular complexity index is 452. The van der Waals surface area contributed by atoms with E-state index in [1.807, 2.05) is 11.4 Å². The van der Waals surface area contributed by atoms with Gasteiger partial charge in [0, 0.05) is 14.8 Å². The molecular weight excluding hydrogens is 322 g/mol. The van der Waals surface area contributed by atoms with Gasteiger partial charge in [0.15, 0.2) is 0 Å². The molecule has 0 N–H and O–H groups in total. The van der Waals surface area contributed by atoms with Crippen molar-refractivity contribution in [3.05, 3.63) is 32.5 Å². The van der Waals surface area contributed by atoms with Gasteiger partial charge in [-0.2, -0.15) is 0 Å². The molecule has 0 aliphatic heterocycles. The van der Waals surface area contributed by atoms with Gasteiger partial charge in [-0.3, -0.25) is 0 Å². The minimum Gasteiger partial charge on any atom is -0.205 e. The average molecular weight is 327 g/mol. The highest BCUT2D eigenvalue weighted by molar-refractivity contribution is 14.1. The van der Waals surface area contributed by atoms with Crippen molar-refractivity contribution in [2.75, 3.05) is 0 Å². The SMILES string of the molecule is Fc1cc(I)c(CCl)c2ccsc12. The average Bonchev–Trinajstić information content (AvgIpc) is 2.53. The molecule has 2 rings (SSSR count). The topological polar surface area (TPSA) is 0 Å². The normalized spacial score (nSPS) is 11.0. The number of thiophene rings is 1. The summed E-state index contributed by atoms with van der Waals surface area (Å²) in [5, 5.41) is 2.84.